The predicted octanol–water partition coefficient (Wildman–Crippen LogP) is 0.736. The predicted molar refractivity (Wildman–Crippen MR) is 34.8 cm³/mol. The van der Waals surface area contributed by atoms with Crippen molar-refractivity contribution in [1.29, 1.82) is 0 Å². The van der Waals surface area contributed by atoms with Crippen LogP contribution in [0.15, 0.2) is 0 Å². The Hall–Kier alpha value is 1.19. The zero-order chi connectivity index (χ0) is 6.15. The van der Waals surface area contributed by atoms with Gasteiger partial charge in [-0.05, 0) is 18.2 Å². The van der Waals surface area contributed by atoms with Crippen molar-refractivity contribution in [2.45, 2.75) is 18.0 Å². The van der Waals surface area contributed by atoms with Gasteiger partial charge in [-0.1, -0.05) is 0 Å². The van der Waals surface area contributed by atoms with Gasteiger partial charge in [-0.2, -0.15) is 0 Å². The van der Waals surface area contributed by atoms with Gasteiger partial charge in [0.2, 0.25) is 0 Å². The monoisotopic (exact) mass is 349 g/mol. The summed E-state index contributed by atoms with van der Waals surface area (Å²) in [7, 11) is 0. The van der Waals surface area contributed by atoms with Crippen molar-refractivity contribution >= 4 is 23.4 Å². The van der Waals surface area contributed by atoms with E-state index in [4.69, 9.17) is 29.1 Å². The summed E-state index contributed by atoms with van der Waals surface area (Å²) >= 11 is 11.3. The van der Waals surface area contributed by atoms with Gasteiger partial charge in [0.05, 0.1) is 0 Å². The summed E-state index contributed by atoms with van der Waals surface area (Å²) in [5.41, 5.74) is 5.34. The van der Waals surface area contributed by atoms with Crippen LogP contribution < -0.4 is 5.73 Å². The summed E-state index contributed by atoms with van der Waals surface area (Å²) in [6, 6.07) is 0.0502. The molecule has 0 aromatic rings. The van der Waals surface area contributed by atoms with E-state index < -0.39 is 0 Å². The molecule has 1 heterocycles. The number of nitrogens with zero attached hydrogens (tertiary/aromatic N) is 1. The third-order valence-corrected chi connectivity index (χ3v) is 2.34. The van der Waals surface area contributed by atoms with E-state index in [-0.39, 0.29) is 32.6 Å². The fourth-order valence-corrected chi connectivity index (χ4v) is 1.21. The summed E-state index contributed by atoms with van der Waals surface area (Å²) in [5, 5.41) is 0. The van der Waals surface area contributed by atoms with Gasteiger partial charge in [-0.3, -0.25) is 0 Å². The summed E-state index contributed by atoms with van der Waals surface area (Å²) in [6.45, 7) is 0.802. The first-order valence-corrected chi connectivity index (χ1v) is 3.31. The van der Waals surface area contributed by atoms with Crippen molar-refractivity contribution in [1.82, 2.24) is 4.42 Å². The zero-order valence-corrected chi connectivity index (χ0v) is 8.45. The SMILES string of the molecule is N[C@H]1CCN(Cl)[C@H]1Cl.[Pt+2]. The summed E-state index contributed by atoms with van der Waals surface area (Å²) < 4.78 is 1.53. The van der Waals surface area contributed by atoms with E-state index in [9.17, 15) is 0 Å². The molecule has 0 spiro atoms. The second-order valence-corrected chi connectivity index (χ2v) is 2.83. The van der Waals surface area contributed by atoms with Gasteiger partial charge in [0.1, 0.15) is 5.50 Å². The molecule has 1 aliphatic rings. The minimum absolute atomic E-state index is 0. The molecule has 0 bridgehead atoms. The van der Waals surface area contributed by atoms with Gasteiger partial charge in [0.25, 0.3) is 0 Å². The van der Waals surface area contributed by atoms with Crippen LogP contribution in [-0.2, 0) is 21.1 Å². The second-order valence-electron chi connectivity index (χ2n) is 1.95. The summed E-state index contributed by atoms with van der Waals surface area (Å²) in [6.07, 6.45) is 0.900. The Balaban J connectivity index is 0.000000640. The van der Waals surface area contributed by atoms with Gasteiger partial charge in [-0.25, -0.2) is 4.42 Å². The van der Waals surface area contributed by atoms with Crippen LogP contribution in [0.5, 0.6) is 0 Å². The number of hydrogen-bond acceptors (Lipinski definition) is 2. The molecule has 0 amide bonds. The molecule has 9 heavy (non-hydrogen) atoms. The number of alkyl halides is 1. The minimum Gasteiger partial charge on any atom is -0.325 e. The molecule has 1 fully saturated rings. The molecule has 0 aromatic carbocycles. The first-order valence-electron chi connectivity index (χ1n) is 2.54. The summed E-state index contributed by atoms with van der Waals surface area (Å²) in [5.74, 6) is 0. The third-order valence-electron chi connectivity index (χ3n) is 1.30. The quantitative estimate of drug-likeness (QED) is 0.397. The zero-order valence-electron chi connectivity index (χ0n) is 4.67. The molecule has 56 valence electrons. The molecule has 2 nitrogen and oxygen atoms in total. The fourth-order valence-electron chi connectivity index (χ4n) is 0.741. The average molecular weight is 350 g/mol. The minimum atomic E-state index is -0.170. The first kappa shape index (κ1) is 10.2. The van der Waals surface area contributed by atoms with E-state index in [2.05, 4.69) is 0 Å². The van der Waals surface area contributed by atoms with Gasteiger partial charge in [0.15, 0.2) is 0 Å². The van der Waals surface area contributed by atoms with E-state index in [0.29, 0.717) is 0 Å². The molecule has 0 aromatic heterocycles. The molecule has 2 N–H and O–H groups in total. The van der Waals surface area contributed by atoms with E-state index in [0.717, 1.165) is 13.0 Å². The Kier molecular flexibility index (Phi) is 4.69. The number of nitrogens with two attached hydrogens (primary N) is 1. The maximum atomic E-state index is 5.68. The Bertz CT molecular complexity index is 82.6. The standard InChI is InChI=1S/C4H8Cl2N2.Pt/c5-4-3(7)1-2-8(4)6;/h3-4H,1-2,7H2;/q;+2/t3-,4+;/m0./s1. The molecule has 2 atom stereocenters. The molecule has 1 aliphatic heterocycles. The van der Waals surface area contributed by atoms with Gasteiger partial charge in [-0.15, -0.1) is 11.6 Å². The van der Waals surface area contributed by atoms with Crippen LogP contribution in [0.3, 0.4) is 0 Å². The largest absolute Gasteiger partial charge is 2.00 e. The van der Waals surface area contributed by atoms with Crippen molar-refractivity contribution < 1.29 is 21.1 Å². The van der Waals surface area contributed by atoms with E-state index in [1.54, 1.807) is 0 Å². The smallest absolute Gasteiger partial charge is 0.325 e. The molecule has 1 saturated heterocycles. The summed E-state index contributed by atoms with van der Waals surface area (Å²) in [4.78, 5) is 0. The van der Waals surface area contributed by atoms with Crippen LogP contribution in [0, 0.1) is 0 Å². The Labute approximate surface area is 79.0 Å². The van der Waals surface area contributed by atoms with Crippen molar-refractivity contribution in [3.8, 4) is 0 Å². The maximum Gasteiger partial charge on any atom is 2.00 e. The van der Waals surface area contributed by atoms with Crippen molar-refractivity contribution in [2.24, 2.45) is 5.73 Å². The average Bonchev–Trinajstić information content (AvgIpc) is 1.98. The van der Waals surface area contributed by atoms with E-state index in [1.807, 2.05) is 0 Å². The molecule has 1 rings (SSSR count). The number of hydrogen-bond donors (Lipinski definition) is 1. The molecular weight excluding hydrogens is 342 g/mol. The number of rotatable bonds is 0. The molecule has 0 aliphatic carbocycles. The van der Waals surface area contributed by atoms with E-state index in [1.165, 1.54) is 4.42 Å². The van der Waals surface area contributed by atoms with Crippen LogP contribution in [-0.4, -0.2) is 22.5 Å². The second kappa shape index (κ2) is 4.15. The maximum absolute atomic E-state index is 5.68. The Morgan fingerprint density at radius 3 is 2.22 bits per heavy atom. The number of halogens is 2. The van der Waals surface area contributed by atoms with Crippen LogP contribution in [0.2, 0.25) is 0 Å². The van der Waals surface area contributed by atoms with Crippen LogP contribution in [0.25, 0.3) is 0 Å². The molecule has 5 heteroatoms. The normalized spacial score (nSPS) is 36.3. The van der Waals surface area contributed by atoms with Crippen molar-refractivity contribution in [2.75, 3.05) is 6.54 Å². The molecular formula is C4H8Cl2N2Pt+2. The van der Waals surface area contributed by atoms with Crippen LogP contribution >= 0.6 is 23.4 Å². The van der Waals surface area contributed by atoms with Gasteiger partial charge < -0.3 is 5.73 Å². The van der Waals surface area contributed by atoms with Gasteiger partial charge >= 0.3 is 21.1 Å². The van der Waals surface area contributed by atoms with Crippen LogP contribution in [0.1, 0.15) is 6.42 Å². The molecule has 0 radical (unpaired) electrons. The topological polar surface area (TPSA) is 29.3 Å². The van der Waals surface area contributed by atoms with Crippen molar-refractivity contribution in [3.63, 3.8) is 0 Å². The first-order chi connectivity index (χ1) is 3.72. The Morgan fingerprint density at radius 2 is 2.11 bits per heavy atom. The molecule has 0 unspecified atom stereocenters. The van der Waals surface area contributed by atoms with E-state index >= 15 is 0 Å². The van der Waals surface area contributed by atoms with Crippen molar-refractivity contribution in [3.05, 3.63) is 0 Å². The Morgan fingerprint density at radius 1 is 1.56 bits per heavy atom. The fraction of sp³-hybridized carbons (Fsp3) is 1.00. The third kappa shape index (κ3) is 2.36. The molecule has 0 saturated carbocycles. The van der Waals surface area contributed by atoms with Gasteiger partial charge in [0, 0.05) is 12.6 Å². The van der Waals surface area contributed by atoms with Crippen LogP contribution in [0.4, 0.5) is 0 Å².